The molecule has 1 aliphatic carbocycles. The highest BCUT2D eigenvalue weighted by molar-refractivity contribution is 7.97. The molecule has 1 aromatic rings. The van der Waals surface area contributed by atoms with Gasteiger partial charge in [-0.05, 0) is 56.0 Å². The van der Waals surface area contributed by atoms with E-state index < -0.39 is 0 Å². The fourth-order valence-electron chi connectivity index (χ4n) is 2.35. The number of hydrogen-bond acceptors (Lipinski definition) is 3. The van der Waals surface area contributed by atoms with Gasteiger partial charge in [0.15, 0.2) is 0 Å². The molecule has 16 heavy (non-hydrogen) atoms. The first-order chi connectivity index (χ1) is 7.74. The van der Waals surface area contributed by atoms with Crippen LogP contribution in [0.15, 0.2) is 29.2 Å². The third-order valence-corrected chi connectivity index (χ3v) is 4.03. The molecular formula is C13H20N2S. The number of rotatable bonds is 4. The Labute approximate surface area is 102 Å². The van der Waals surface area contributed by atoms with Gasteiger partial charge in [-0.1, -0.05) is 18.9 Å². The van der Waals surface area contributed by atoms with Crippen molar-refractivity contribution in [1.82, 2.24) is 4.31 Å². The summed E-state index contributed by atoms with van der Waals surface area (Å²) < 4.78 is 2.34. The van der Waals surface area contributed by atoms with Crippen LogP contribution >= 0.6 is 11.9 Å². The molecule has 1 fully saturated rings. The van der Waals surface area contributed by atoms with E-state index in [0.29, 0.717) is 0 Å². The maximum atomic E-state index is 5.77. The fourth-order valence-corrected chi connectivity index (χ4v) is 3.32. The largest absolute Gasteiger partial charge is 0.399 e. The highest BCUT2D eigenvalue weighted by atomic mass is 32.2. The van der Waals surface area contributed by atoms with Crippen LogP contribution in [0, 0.1) is 5.92 Å². The second kappa shape index (κ2) is 5.60. The third-order valence-electron chi connectivity index (χ3n) is 3.11. The molecular weight excluding hydrogens is 216 g/mol. The summed E-state index contributed by atoms with van der Waals surface area (Å²) >= 11 is 1.80. The van der Waals surface area contributed by atoms with Crippen LogP contribution in [0.25, 0.3) is 0 Å². The Bertz CT molecular complexity index is 334. The molecule has 0 aromatic heterocycles. The van der Waals surface area contributed by atoms with Gasteiger partial charge in [-0.2, -0.15) is 0 Å². The topological polar surface area (TPSA) is 29.3 Å². The zero-order valence-corrected chi connectivity index (χ0v) is 10.7. The summed E-state index contributed by atoms with van der Waals surface area (Å²) in [7, 11) is 2.17. The van der Waals surface area contributed by atoms with Crippen LogP contribution in [0.2, 0.25) is 0 Å². The van der Waals surface area contributed by atoms with Crippen molar-refractivity contribution in [3.63, 3.8) is 0 Å². The van der Waals surface area contributed by atoms with E-state index in [0.717, 1.165) is 11.6 Å². The van der Waals surface area contributed by atoms with Crippen LogP contribution in [0.5, 0.6) is 0 Å². The first kappa shape index (κ1) is 11.8. The lowest BCUT2D eigenvalue weighted by Gasteiger charge is -2.19. The Morgan fingerprint density at radius 3 is 2.81 bits per heavy atom. The second-order valence-electron chi connectivity index (χ2n) is 4.62. The van der Waals surface area contributed by atoms with Gasteiger partial charge in [0.25, 0.3) is 0 Å². The van der Waals surface area contributed by atoms with E-state index in [2.05, 4.69) is 17.4 Å². The summed E-state index contributed by atoms with van der Waals surface area (Å²) in [4.78, 5) is 1.24. The van der Waals surface area contributed by atoms with Gasteiger partial charge in [-0.25, -0.2) is 4.31 Å². The molecule has 1 aliphatic rings. The Hall–Kier alpha value is -0.670. The van der Waals surface area contributed by atoms with Crippen molar-refractivity contribution >= 4 is 17.6 Å². The minimum Gasteiger partial charge on any atom is -0.399 e. The van der Waals surface area contributed by atoms with Crippen molar-refractivity contribution in [2.45, 2.75) is 30.6 Å². The van der Waals surface area contributed by atoms with Crippen molar-refractivity contribution in [2.75, 3.05) is 19.3 Å². The van der Waals surface area contributed by atoms with Crippen molar-refractivity contribution in [3.8, 4) is 0 Å². The first-order valence-corrected chi connectivity index (χ1v) is 6.76. The molecule has 0 atom stereocenters. The Balaban J connectivity index is 1.84. The molecule has 3 heteroatoms. The maximum absolute atomic E-state index is 5.77. The quantitative estimate of drug-likeness (QED) is 0.642. The lowest BCUT2D eigenvalue weighted by atomic mass is 10.1. The first-order valence-electron chi connectivity index (χ1n) is 5.98. The molecule has 0 aliphatic heterocycles. The van der Waals surface area contributed by atoms with E-state index in [4.69, 9.17) is 5.73 Å². The molecule has 0 heterocycles. The molecule has 2 N–H and O–H groups in total. The Morgan fingerprint density at radius 1 is 1.38 bits per heavy atom. The van der Waals surface area contributed by atoms with E-state index in [-0.39, 0.29) is 0 Å². The van der Waals surface area contributed by atoms with Crippen LogP contribution in [0.4, 0.5) is 5.69 Å². The minimum absolute atomic E-state index is 0.847. The molecule has 1 aromatic carbocycles. The van der Waals surface area contributed by atoms with Gasteiger partial charge in [-0.3, -0.25) is 0 Å². The van der Waals surface area contributed by atoms with E-state index in [1.807, 2.05) is 18.2 Å². The van der Waals surface area contributed by atoms with Gasteiger partial charge in [0, 0.05) is 17.1 Å². The number of anilines is 1. The maximum Gasteiger partial charge on any atom is 0.0325 e. The van der Waals surface area contributed by atoms with Crippen molar-refractivity contribution in [3.05, 3.63) is 24.3 Å². The summed E-state index contributed by atoms with van der Waals surface area (Å²) in [6, 6.07) is 8.10. The predicted octanol–water partition coefficient (Wildman–Crippen LogP) is 3.40. The molecule has 0 saturated heterocycles. The number of nitrogen functional groups attached to an aromatic ring is 1. The lowest BCUT2D eigenvalue weighted by molar-refractivity contribution is 0.421. The van der Waals surface area contributed by atoms with E-state index in [1.54, 1.807) is 11.9 Å². The van der Waals surface area contributed by atoms with Crippen molar-refractivity contribution in [2.24, 2.45) is 5.92 Å². The Kier molecular flexibility index (Phi) is 4.13. The van der Waals surface area contributed by atoms with Crippen LogP contribution in [-0.2, 0) is 0 Å². The summed E-state index contributed by atoms with van der Waals surface area (Å²) in [6.07, 6.45) is 5.65. The summed E-state index contributed by atoms with van der Waals surface area (Å²) in [5.41, 5.74) is 6.61. The summed E-state index contributed by atoms with van der Waals surface area (Å²) in [6.45, 7) is 1.19. The van der Waals surface area contributed by atoms with Crippen molar-refractivity contribution < 1.29 is 0 Å². The monoisotopic (exact) mass is 236 g/mol. The third kappa shape index (κ3) is 3.42. The molecule has 0 radical (unpaired) electrons. The van der Waals surface area contributed by atoms with Gasteiger partial charge in [0.2, 0.25) is 0 Å². The van der Waals surface area contributed by atoms with Crippen LogP contribution in [0.3, 0.4) is 0 Å². The van der Waals surface area contributed by atoms with E-state index in [1.165, 1.54) is 37.1 Å². The van der Waals surface area contributed by atoms with Gasteiger partial charge >= 0.3 is 0 Å². The summed E-state index contributed by atoms with van der Waals surface area (Å²) in [5, 5.41) is 0. The molecule has 0 bridgehead atoms. The smallest absolute Gasteiger partial charge is 0.0325 e. The number of benzene rings is 1. The standard InChI is InChI=1S/C13H20N2S/c1-15(10-11-5-2-3-6-11)16-13-8-4-7-12(14)9-13/h4,7-9,11H,2-3,5-6,10,14H2,1H3. The second-order valence-corrected chi connectivity index (χ2v) is 5.90. The van der Waals surface area contributed by atoms with Gasteiger partial charge in [0.05, 0.1) is 0 Å². The molecule has 0 amide bonds. The highest BCUT2D eigenvalue weighted by Crippen LogP contribution is 2.29. The molecule has 0 spiro atoms. The predicted molar refractivity (Wildman–Crippen MR) is 71.3 cm³/mol. The number of nitrogens with two attached hydrogens (primary N) is 1. The molecule has 0 unspecified atom stereocenters. The normalized spacial score (nSPS) is 17.1. The SMILES string of the molecule is CN(CC1CCCC1)Sc1cccc(N)c1. The van der Waals surface area contributed by atoms with Crippen molar-refractivity contribution in [1.29, 1.82) is 0 Å². The van der Waals surface area contributed by atoms with Crippen LogP contribution in [-0.4, -0.2) is 17.9 Å². The van der Waals surface area contributed by atoms with Crippen LogP contribution < -0.4 is 5.73 Å². The van der Waals surface area contributed by atoms with Gasteiger partial charge in [0.1, 0.15) is 0 Å². The average Bonchev–Trinajstić information content (AvgIpc) is 2.70. The Morgan fingerprint density at radius 2 is 2.12 bits per heavy atom. The van der Waals surface area contributed by atoms with E-state index >= 15 is 0 Å². The number of hydrogen-bond donors (Lipinski definition) is 1. The molecule has 1 saturated carbocycles. The fraction of sp³-hybridized carbons (Fsp3) is 0.538. The zero-order valence-electron chi connectivity index (χ0n) is 9.86. The molecule has 88 valence electrons. The minimum atomic E-state index is 0.847. The molecule has 2 rings (SSSR count). The highest BCUT2D eigenvalue weighted by Gasteiger charge is 2.17. The van der Waals surface area contributed by atoms with E-state index in [9.17, 15) is 0 Å². The van der Waals surface area contributed by atoms with Gasteiger partial charge in [-0.15, -0.1) is 0 Å². The summed E-state index contributed by atoms with van der Waals surface area (Å²) in [5.74, 6) is 0.901. The van der Waals surface area contributed by atoms with Gasteiger partial charge < -0.3 is 5.73 Å². The molecule has 2 nitrogen and oxygen atoms in total. The van der Waals surface area contributed by atoms with Crippen LogP contribution in [0.1, 0.15) is 25.7 Å². The average molecular weight is 236 g/mol. The lowest BCUT2D eigenvalue weighted by Crippen LogP contribution is -2.17. The number of nitrogens with zero attached hydrogens (tertiary/aromatic N) is 1. The zero-order chi connectivity index (χ0) is 11.4.